The highest BCUT2D eigenvalue weighted by molar-refractivity contribution is 7.91. The first-order chi connectivity index (χ1) is 13.5. The summed E-state index contributed by atoms with van der Waals surface area (Å²) in [4.78, 5) is 15.2. The number of likely N-dealkylation sites (tertiary alicyclic amines) is 1. The minimum Gasteiger partial charge on any atom is -0.341 e. The topological polar surface area (TPSA) is 54.5 Å². The molecule has 0 aromatic heterocycles. The van der Waals surface area contributed by atoms with E-state index in [4.69, 9.17) is 0 Å². The maximum atomic E-state index is 13.2. The molecule has 2 aliphatic heterocycles. The average molecular weight is 398 g/mol. The van der Waals surface area contributed by atoms with Crippen molar-refractivity contribution in [3.8, 4) is 0 Å². The molecule has 2 fully saturated rings. The lowest BCUT2D eigenvalue weighted by Crippen LogP contribution is -2.51. The Balaban J connectivity index is 1.63. The molecule has 0 radical (unpaired) electrons. The van der Waals surface area contributed by atoms with Gasteiger partial charge in [-0.2, -0.15) is 0 Å². The molecule has 2 aromatic rings. The van der Waals surface area contributed by atoms with Gasteiger partial charge in [0.15, 0.2) is 0 Å². The van der Waals surface area contributed by atoms with E-state index in [0.717, 1.165) is 19.4 Å². The highest BCUT2D eigenvalue weighted by Crippen LogP contribution is 2.41. The first-order valence-electron chi connectivity index (χ1n) is 10.1. The van der Waals surface area contributed by atoms with E-state index in [-0.39, 0.29) is 28.7 Å². The van der Waals surface area contributed by atoms with Gasteiger partial charge < -0.3 is 4.90 Å². The summed E-state index contributed by atoms with van der Waals surface area (Å²) in [6.45, 7) is 1.41. The van der Waals surface area contributed by atoms with Crippen LogP contribution in [0.4, 0.5) is 0 Å². The summed E-state index contributed by atoms with van der Waals surface area (Å²) in [5.74, 6) is 0.246. The third kappa shape index (κ3) is 3.72. The van der Waals surface area contributed by atoms with Crippen LogP contribution in [0.25, 0.3) is 0 Å². The summed E-state index contributed by atoms with van der Waals surface area (Å²) in [7, 11) is -2.96. The van der Waals surface area contributed by atoms with Crippen molar-refractivity contribution in [3.05, 3.63) is 71.8 Å². The van der Waals surface area contributed by atoms with Crippen LogP contribution in [-0.4, -0.2) is 43.8 Å². The van der Waals surface area contributed by atoms with Crippen molar-refractivity contribution in [2.45, 2.75) is 31.1 Å². The second kappa shape index (κ2) is 7.70. The molecular weight excluding hydrogens is 370 g/mol. The van der Waals surface area contributed by atoms with Gasteiger partial charge in [-0.3, -0.25) is 4.79 Å². The van der Waals surface area contributed by atoms with Gasteiger partial charge in [0.1, 0.15) is 9.84 Å². The molecule has 4 rings (SSSR count). The zero-order valence-corrected chi connectivity index (χ0v) is 16.9. The standard InChI is InChI=1S/C23H27NO3S/c25-22(19-12-16-28(26,27)17-13-19)24-15-7-14-23(18-24,20-8-3-1-4-9-20)21-10-5-2-6-11-21/h1-6,8-11,19H,7,12-18H2. The molecular formula is C23H27NO3S. The SMILES string of the molecule is O=C(C1CCS(=O)(=O)CC1)N1CCCC(c2ccccc2)(c2ccccc2)C1. The lowest BCUT2D eigenvalue weighted by molar-refractivity contribution is -0.137. The number of sulfone groups is 1. The first-order valence-corrected chi connectivity index (χ1v) is 11.9. The molecule has 2 saturated heterocycles. The number of hydrogen-bond acceptors (Lipinski definition) is 3. The summed E-state index contributed by atoms with van der Waals surface area (Å²) in [6.07, 6.45) is 2.87. The van der Waals surface area contributed by atoms with Gasteiger partial charge in [0, 0.05) is 24.4 Å². The van der Waals surface area contributed by atoms with E-state index in [1.54, 1.807) is 0 Å². The number of carbonyl (C=O) groups is 1. The van der Waals surface area contributed by atoms with E-state index in [1.807, 2.05) is 17.0 Å². The fraction of sp³-hybridized carbons (Fsp3) is 0.435. The van der Waals surface area contributed by atoms with Crippen molar-refractivity contribution < 1.29 is 13.2 Å². The van der Waals surface area contributed by atoms with Crippen molar-refractivity contribution in [1.29, 1.82) is 0 Å². The molecule has 0 spiro atoms. The van der Waals surface area contributed by atoms with Crippen LogP contribution in [0, 0.1) is 5.92 Å². The van der Waals surface area contributed by atoms with Gasteiger partial charge in [0.25, 0.3) is 0 Å². The second-order valence-corrected chi connectivity index (χ2v) is 10.4. The maximum absolute atomic E-state index is 13.2. The van der Waals surface area contributed by atoms with Crippen LogP contribution >= 0.6 is 0 Å². The Morgan fingerprint density at radius 2 is 1.43 bits per heavy atom. The van der Waals surface area contributed by atoms with Crippen LogP contribution < -0.4 is 0 Å². The van der Waals surface area contributed by atoms with Gasteiger partial charge in [-0.05, 0) is 36.8 Å². The molecule has 2 aliphatic rings. The summed E-state index contributed by atoms with van der Waals surface area (Å²) < 4.78 is 23.5. The van der Waals surface area contributed by atoms with Gasteiger partial charge >= 0.3 is 0 Å². The second-order valence-electron chi connectivity index (χ2n) is 8.10. The lowest BCUT2D eigenvalue weighted by atomic mass is 9.69. The van der Waals surface area contributed by atoms with Gasteiger partial charge in [0.05, 0.1) is 11.5 Å². The van der Waals surface area contributed by atoms with Crippen LogP contribution in [-0.2, 0) is 20.0 Å². The Morgan fingerprint density at radius 1 is 0.893 bits per heavy atom. The molecule has 0 N–H and O–H groups in total. The number of rotatable bonds is 3. The van der Waals surface area contributed by atoms with Crippen LogP contribution in [0.3, 0.4) is 0 Å². The number of amides is 1. The third-order valence-corrected chi connectivity index (χ3v) is 8.08. The van der Waals surface area contributed by atoms with E-state index in [1.165, 1.54) is 11.1 Å². The molecule has 2 aromatic carbocycles. The number of carbonyl (C=O) groups excluding carboxylic acids is 1. The molecule has 28 heavy (non-hydrogen) atoms. The Hall–Kier alpha value is -2.14. The number of piperidine rings is 1. The van der Waals surface area contributed by atoms with Gasteiger partial charge in [0.2, 0.25) is 5.91 Å². The summed E-state index contributed by atoms with van der Waals surface area (Å²) in [5.41, 5.74) is 2.27. The zero-order chi connectivity index (χ0) is 19.6. The Labute approximate surface area is 167 Å². The molecule has 0 aliphatic carbocycles. The molecule has 1 amide bonds. The van der Waals surface area contributed by atoms with Crippen molar-refractivity contribution in [2.75, 3.05) is 24.6 Å². The van der Waals surface area contributed by atoms with Crippen molar-refractivity contribution >= 4 is 15.7 Å². The molecule has 0 atom stereocenters. The van der Waals surface area contributed by atoms with Crippen LogP contribution in [0.5, 0.6) is 0 Å². The zero-order valence-electron chi connectivity index (χ0n) is 16.1. The van der Waals surface area contributed by atoms with Gasteiger partial charge in [-0.15, -0.1) is 0 Å². The molecule has 5 heteroatoms. The predicted molar refractivity (Wildman–Crippen MR) is 111 cm³/mol. The highest BCUT2D eigenvalue weighted by atomic mass is 32.2. The number of nitrogens with zero attached hydrogens (tertiary/aromatic N) is 1. The smallest absolute Gasteiger partial charge is 0.225 e. The maximum Gasteiger partial charge on any atom is 0.225 e. The normalized spacial score (nSPS) is 21.9. The molecule has 148 valence electrons. The lowest BCUT2D eigenvalue weighted by Gasteiger charge is -2.45. The summed E-state index contributed by atoms with van der Waals surface area (Å²) >= 11 is 0. The van der Waals surface area contributed by atoms with Crippen molar-refractivity contribution in [3.63, 3.8) is 0 Å². The minimum absolute atomic E-state index is 0.130. The van der Waals surface area contributed by atoms with Crippen LogP contribution in [0.1, 0.15) is 36.8 Å². The fourth-order valence-electron chi connectivity index (χ4n) is 4.79. The summed E-state index contributed by atoms with van der Waals surface area (Å²) in [5, 5.41) is 0. The van der Waals surface area contributed by atoms with E-state index in [2.05, 4.69) is 48.5 Å². The Kier molecular flexibility index (Phi) is 5.28. The van der Waals surface area contributed by atoms with E-state index < -0.39 is 9.84 Å². The quantitative estimate of drug-likeness (QED) is 0.797. The molecule has 0 unspecified atom stereocenters. The Bertz CT molecular complexity index is 871. The molecule has 0 saturated carbocycles. The van der Waals surface area contributed by atoms with Gasteiger partial charge in [-0.1, -0.05) is 60.7 Å². The van der Waals surface area contributed by atoms with Crippen molar-refractivity contribution in [1.82, 2.24) is 4.90 Å². The van der Waals surface area contributed by atoms with E-state index in [9.17, 15) is 13.2 Å². The molecule has 4 nitrogen and oxygen atoms in total. The number of hydrogen-bond donors (Lipinski definition) is 0. The minimum atomic E-state index is -2.96. The van der Waals surface area contributed by atoms with Gasteiger partial charge in [-0.25, -0.2) is 8.42 Å². The van der Waals surface area contributed by atoms with Crippen LogP contribution in [0.2, 0.25) is 0 Å². The monoisotopic (exact) mass is 397 g/mol. The Morgan fingerprint density at radius 3 is 1.96 bits per heavy atom. The van der Waals surface area contributed by atoms with E-state index >= 15 is 0 Å². The summed E-state index contributed by atoms with van der Waals surface area (Å²) in [6, 6.07) is 20.9. The predicted octanol–water partition coefficient (Wildman–Crippen LogP) is 3.42. The fourth-order valence-corrected chi connectivity index (χ4v) is 6.28. The van der Waals surface area contributed by atoms with Crippen LogP contribution in [0.15, 0.2) is 60.7 Å². The number of benzene rings is 2. The average Bonchev–Trinajstić information content (AvgIpc) is 2.74. The largest absolute Gasteiger partial charge is 0.341 e. The first kappa shape index (κ1) is 19.2. The van der Waals surface area contributed by atoms with E-state index in [0.29, 0.717) is 19.4 Å². The van der Waals surface area contributed by atoms with Crippen molar-refractivity contribution in [2.24, 2.45) is 5.92 Å². The molecule has 2 heterocycles. The third-order valence-electron chi connectivity index (χ3n) is 6.36. The molecule has 0 bridgehead atoms. The highest BCUT2D eigenvalue weighted by Gasteiger charge is 2.41.